The maximum atomic E-state index is 12.9. The van der Waals surface area contributed by atoms with E-state index in [0.717, 1.165) is 21.8 Å². The molecule has 140 valence electrons. The second-order valence-corrected chi connectivity index (χ2v) is 8.26. The number of hydrogen-bond donors (Lipinski definition) is 1. The highest BCUT2D eigenvalue weighted by Gasteiger charge is 2.48. The Labute approximate surface area is 163 Å². The van der Waals surface area contributed by atoms with Gasteiger partial charge in [-0.25, -0.2) is 4.79 Å². The SMILES string of the molecule is C[C@@]1(Cc2ccc3c(c2)OCO3)NC(=O)N(CC(=O)c2ccc(Cl)s2)C1=O. The predicted molar refractivity (Wildman–Crippen MR) is 98.6 cm³/mol. The average molecular weight is 407 g/mol. The van der Waals surface area contributed by atoms with E-state index in [0.29, 0.717) is 20.7 Å². The van der Waals surface area contributed by atoms with Crippen molar-refractivity contribution >= 4 is 40.7 Å². The standard InChI is InChI=1S/C18H15ClN2O5S/c1-18(7-10-2-3-12-13(6-10)26-9-25-12)16(23)21(17(24)20-18)8-11(22)14-4-5-15(19)27-14/h2-6H,7-9H2,1H3,(H,20,24)/t18-/m0/s1. The lowest BCUT2D eigenvalue weighted by Gasteiger charge is -2.21. The topological polar surface area (TPSA) is 84.9 Å². The van der Waals surface area contributed by atoms with Crippen LogP contribution < -0.4 is 14.8 Å². The number of amides is 3. The minimum atomic E-state index is -1.14. The summed E-state index contributed by atoms with van der Waals surface area (Å²) >= 11 is 6.96. The molecule has 27 heavy (non-hydrogen) atoms. The first-order valence-electron chi connectivity index (χ1n) is 8.17. The van der Waals surface area contributed by atoms with Crippen LogP contribution in [0.2, 0.25) is 4.34 Å². The van der Waals surface area contributed by atoms with Gasteiger partial charge in [-0.3, -0.25) is 14.5 Å². The maximum absolute atomic E-state index is 12.9. The number of ether oxygens (including phenoxy) is 2. The van der Waals surface area contributed by atoms with Gasteiger partial charge in [-0.05, 0) is 36.8 Å². The monoisotopic (exact) mass is 406 g/mol. The molecule has 1 aromatic heterocycles. The summed E-state index contributed by atoms with van der Waals surface area (Å²) in [6, 6.07) is 7.98. The zero-order chi connectivity index (χ0) is 19.2. The Morgan fingerprint density at radius 3 is 2.78 bits per heavy atom. The smallest absolute Gasteiger partial charge is 0.325 e. The zero-order valence-corrected chi connectivity index (χ0v) is 15.9. The first kappa shape index (κ1) is 17.8. The molecule has 7 nitrogen and oxygen atoms in total. The van der Waals surface area contributed by atoms with Gasteiger partial charge in [0.15, 0.2) is 17.3 Å². The van der Waals surface area contributed by atoms with Crippen LogP contribution in [-0.2, 0) is 11.2 Å². The quantitative estimate of drug-likeness (QED) is 0.609. The van der Waals surface area contributed by atoms with Crippen LogP contribution in [-0.4, -0.2) is 41.5 Å². The van der Waals surface area contributed by atoms with E-state index in [-0.39, 0.29) is 25.5 Å². The van der Waals surface area contributed by atoms with Crippen LogP contribution in [0.4, 0.5) is 4.79 Å². The molecule has 1 saturated heterocycles. The molecule has 4 rings (SSSR count). The molecule has 1 atom stereocenters. The first-order valence-corrected chi connectivity index (χ1v) is 9.36. The summed E-state index contributed by atoms with van der Waals surface area (Å²) in [6.45, 7) is 1.48. The highest BCUT2D eigenvalue weighted by Crippen LogP contribution is 2.34. The normalized spacial score (nSPS) is 20.9. The van der Waals surface area contributed by atoms with Crippen molar-refractivity contribution in [3.63, 3.8) is 0 Å². The number of nitrogens with zero attached hydrogens (tertiary/aromatic N) is 1. The molecule has 0 radical (unpaired) electrons. The van der Waals surface area contributed by atoms with E-state index in [2.05, 4.69) is 5.32 Å². The minimum Gasteiger partial charge on any atom is -0.454 e. The van der Waals surface area contributed by atoms with Crippen LogP contribution in [0, 0.1) is 0 Å². The lowest BCUT2D eigenvalue weighted by molar-refractivity contribution is -0.130. The van der Waals surface area contributed by atoms with Gasteiger partial charge in [0.25, 0.3) is 5.91 Å². The van der Waals surface area contributed by atoms with E-state index < -0.39 is 17.5 Å². The molecule has 3 heterocycles. The molecule has 1 aromatic carbocycles. The summed E-state index contributed by atoms with van der Waals surface area (Å²) in [4.78, 5) is 38.9. The molecule has 2 aliphatic heterocycles. The number of imide groups is 1. The number of carbonyl (C=O) groups is 3. The molecule has 0 bridgehead atoms. The third kappa shape index (κ3) is 3.26. The molecule has 0 saturated carbocycles. The summed E-state index contributed by atoms with van der Waals surface area (Å²) in [5, 5.41) is 2.70. The van der Waals surface area contributed by atoms with E-state index in [4.69, 9.17) is 21.1 Å². The Hall–Kier alpha value is -2.58. The van der Waals surface area contributed by atoms with E-state index in [1.807, 2.05) is 6.07 Å². The van der Waals surface area contributed by atoms with Crippen molar-refractivity contribution in [1.29, 1.82) is 0 Å². The third-order valence-electron chi connectivity index (χ3n) is 4.49. The van der Waals surface area contributed by atoms with Crippen LogP contribution in [0.1, 0.15) is 22.2 Å². The van der Waals surface area contributed by atoms with Gasteiger partial charge in [0.05, 0.1) is 15.8 Å². The molecule has 1 N–H and O–H groups in total. The second kappa shape index (κ2) is 6.54. The Morgan fingerprint density at radius 2 is 2.04 bits per heavy atom. The molecular formula is C18H15ClN2O5S. The van der Waals surface area contributed by atoms with E-state index in [9.17, 15) is 14.4 Å². The summed E-state index contributed by atoms with van der Waals surface area (Å²) in [5.74, 6) is 0.478. The van der Waals surface area contributed by atoms with Crippen molar-refractivity contribution in [3.05, 3.63) is 45.1 Å². The minimum absolute atomic E-state index is 0.161. The molecule has 0 unspecified atom stereocenters. The van der Waals surface area contributed by atoms with Crippen molar-refractivity contribution < 1.29 is 23.9 Å². The van der Waals surface area contributed by atoms with Crippen LogP contribution in [0.3, 0.4) is 0 Å². The summed E-state index contributed by atoms with van der Waals surface area (Å²) < 4.78 is 11.1. The Morgan fingerprint density at radius 1 is 1.26 bits per heavy atom. The van der Waals surface area contributed by atoms with Gasteiger partial charge in [-0.2, -0.15) is 0 Å². The van der Waals surface area contributed by atoms with Crippen LogP contribution >= 0.6 is 22.9 Å². The number of nitrogens with one attached hydrogen (secondary N) is 1. The van der Waals surface area contributed by atoms with E-state index >= 15 is 0 Å². The number of hydrogen-bond acceptors (Lipinski definition) is 6. The van der Waals surface area contributed by atoms with Gasteiger partial charge in [0, 0.05) is 6.42 Å². The van der Waals surface area contributed by atoms with Gasteiger partial charge in [-0.15, -0.1) is 11.3 Å². The second-order valence-electron chi connectivity index (χ2n) is 6.54. The lowest BCUT2D eigenvalue weighted by Crippen LogP contribution is -2.46. The fourth-order valence-corrected chi connectivity index (χ4v) is 4.13. The Bertz CT molecular complexity index is 959. The van der Waals surface area contributed by atoms with Crippen molar-refractivity contribution in [2.45, 2.75) is 18.9 Å². The molecule has 3 amide bonds. The Kier molecular flexibility index (Phi) is 4.32. The summed E-state index contributed by atoms with van der Waals surface area (Å²) in [7, 11) is 0. The summed E-state index contributed by atoms with van der Waals surface area (Å²) in [6.07, 6.45) is 0.268. The fourth-order valence-electron chi connectivity index (χ4n) is 3.16. The number of benzene rings is 1. The summed E-state index contributed by atoms with van der Waals surface area (Å²) in [5.41, 5.74) is -0.327. The number of carbonyl (C=O) groups excluding carboxylic acids is 3. The van der Waals surface area contributed by atoms with Gasteiger partial charge in [0.2, 0.25) is 6.79 Å². The number of ketones is 1. The molecule has 2 aromatic rings. The molecule has 0 aliphatic carbocycles. The molecule has 0 spiro atoms. The number of halogens is 1. The van der Waals surface area contributed by atoms with Crippen molar-refractivity contribution in [1.82, 2.24) is 10.2 Å². The van der Waals surface area contributed by atoms with Crippen LogP contribution in [0.15, 0.2) is 30.3 Å². The molecule has 9 heteroatoms. The third-order valence-corrected chi connectivity index (χ3v) is 5.76. The highest BCUT2D eigenvalue weighted by atomic mass is 35.5. The first-order chi connectivity index (χ1) is 12.9. The van der Waals surface area contributed by atoms with E-state index in [1.54, 1.807) is 31.2 Å². The number of fused-ring (bicyclic) bond motifs is 1. The highest BCUT2D eigenvalue weighted by molar-refractivity contribution is 7.18. The van der Waals surface area contributed by atoms with Crippen molar-refractivity contribution in [2.75, 3.05) is 13.3 Å². The van der Waals surface area contributed by atoms with E-state index in [1.165, 1.54) is 0 Å². The zero-order valence-electron chi connectivity index (χ0n) is 14.3. The number of thiophene rings is 1. The van der Waals surface area contributed by atoms with Crippen LogP contribution in [0.5, 0.6) is 11.5 Å². The van der Waals surface area contributed by atoms with Gasteiger partial charge in [-0.1, -0.05) is 17.7 Å². The van der Waals surface area contributed by atoms with Gasteiger partial charge in [0.1, 0.15) is 5.54 Å². The van der Waals surface area contributed by atoms with Gasteiger partial charge >= 0.3 is 6.03 Å². The maximum Gasteiger partial charge on any atom is 0.325 e. The average Bonchev–Trinajstić information content (AvgIpc) is 3.30. The van der Waals surface area contributed by atoms with Crippen molar-refractivity contribution in [2.24, 2.45) is 0 Å². The Balaban J connectivity index is 1.50. The lowest BCUT2D eigenvalue weighted by atomic mass is 9.92. The number of urea groups is 1. The largest absolute Gasteiger partial charge is 0.454 e. The fraction of sp³-hybridized carbons (Fsp3) is 0.278. The van der Waals surface area contributed by atoms with Crippen molar-refractivity contribution in [3.8, 4) is 11.5 Å². The molecular weight excluding hydrogens is 392 g/mol. The van der Waals surface area contributed by atoms with Gasteiger partial charge < -0.3 is 14.8 Å². The number of Topliss-reactive ketones (excluding diaryl/α,β-unsaturated/α-hetero) is 1. The van der Waals surface area contributed by atoms with Crippen LogP contribution in [0.25, 0.3) is 0 Å². The predicted octanol–water partition coefficient (Wildman–Crippen LogP) is 2.87. The molecule has 2 aliphatic rings. The molecule has 1 fully saturated rings. The number of rotatable bonds is 5.